The van der Waals surface area contributed by atoms with Gasteiger partial charge in [-0.2, -0.15) is 10.1 Å². The molecule has 2 aromatic heterocycles. The Labute approximate surface area is 146 Å². The molecule has 9 nitrogen and oxygen atoms in total. The van der Waals surface area contributed by atoms with Crippen molar-refractivity contribution in [2.75, 3.05) is 16.8 Å². The van der Waals surface area contributed by atoms with Gasteiger partial charge >= 0.3 is 6.09 Å². The molecule has 0 saturated carbocycles. The number of rotatable bonds is 6. The first kappa shape index (κ1) is 17.1. The highest BCUT2D eigenvalue weighted by atomic mass is 16.6. The van der Waals surface area contributed by atoms with Crippen LogP contribution in [0.15, 0.2) is 18.6 Å². The molecule has 2 aromatic rings. The Balaban J connectivity index is 1.81. The lowest BCUT2D eigenvalue weighted by Gasteiger charge is -2.23. The monoisotopic (exact) mass is 345 g/mol. The average Bonchev–Trinajstić information content (AvgIpc) is 3.21. The Morgan fingerprint density at radius 2 is 2.16 bits per heavy atom. The molecule has 0 spiro atoms. The first-order chi connectivity index (χ1) is 12.0. The van der Waals surface area contributed by atoms with E-state index in [0.717, 1.165) is 12.4 Å². The lowest BCUT2D eigenvalue weighted by Crippen LogP contribution is -2.37. The number of nitrogens with zero attached hydrogens (tertiary/aromatic N) is 6. The van der Waals surface area contributed by atoms with Gasteiger partial charge in [0, 0.05) is 12.7 Å². The molecule has 0 bridgehead atoms. The highest BCUT2D eigenvalue weighted by Crippen LogP contribution is 2.26. The van der Waals surface area contributed by atoms with Crippen LogP contribution < -0.4 is 10.2 Å². The second-order valence-corrected chi connectivity index (χ2v) is 6.30. The standard InChI is InChI=1S/C16H23N7O2/c1-5-22-14(18-9-19-22)11(4)20-15-17-7-6-13(21-15)23-12(10(2)3)8-25-16(23)24/h6-7,9-12H,5,8H2,1-4H3,(H,17,20,21)/t11-,12-/m1/s1. The quantitative estimate of drug-likeness (QED) is 0.857. The molecular weight excluding hydrogens is 322 g/mol. The summed E-state index contributed by atoms with van der Waals surface area (Å²) in [5, 5.41) is 7.39. The summed E-state index contributed by atoms with van der Waals surface area (Å²) >= 11 is 0. The summed E-state index contributed by atoms with van der Waals surface area (Å²) in [6, 6.07) is 1.56. The van der Waals surface area contributed by atoms with Crippen LogP contribution in [0, 0.1) is 5.92 Å². The Morgan fingerprint density at radius 1 is 1.36 bits per heavy atom. The van der Waals surface area contributed by atoms with Crippen LogP contribution in [0.4, 0.5) is 16.6 Å². The third kappa shape index (κ3) is 3.40. The summed E-state index contributed by atoms with van der Waals surface area (Å²) in [7, 11) is 0. The van der Waals surface area contributed by atoms with E-state index in [-0.39, 0.29) is 24.1 Å². The van der Waals surface area contributed by atoms with Crippen molar-refractivity contribution in [2.45, 2.75) is 46.3 Å². The molecular formula is C16H23N7O2. The first-order valence-electron chi connectivity index (χ1n) is 8.44. The van der Waals surface area contributed by atoms with Crippen molar-refractivity contribution in [3.05, 3.63) is 24.4 Å². The van der Waals surface area contributed by atoms with Gasteiger partial charge in [-0.05, 0) is 25.8 Å². The van der Waals surface area contributed by atoms with Crippen LogP contribution in [0.25, 0.3) is 0 Å². The highest BCUT2D eigenvalue weighted by Gasteiger charge is 2.37. The van der Waals surface area contributed by atoms with E-state index < -0.39 is 0 Å². The molecule has 1 fully saturated rings. The summed E-state index contributed by atoms with van der Waals surface area (Å²) in [5.41, 5.74) is 0. The van der Waals surface area contributed by atoms with Crippen molar-refractivity contribution in [3.8, 4) is 0 Å². The maximum Gasteiger partial charge on any atom is 0.415 e. The lowest BCUT2D eigenvalue weighted by atomic mass is 10.0. The van der Waals surface area contributed by atoms with Gasteiger partial charge in [-0.15, -0.1) is 0 Å². The molecule has 1 N–H and O–H groups in total. The second-order valence-electron chi connectivity index (χ2n) is 6.30. The normalized spacial score (nSPS) is 18.5. The van der Waals surface area contributed by atoms with E-state index in [1.54, 1.807) is 17.2 Å². The van der Waals surface area contributed by atoms with Gasteiger partial charge in [-0.3, -0.25) is 4.90 Å². The predicted molar refractivity (Wildman–Crippen MR) is 92.2 cm³/mol. The number of hydrogen-bond acceptors (Lipinski definition) is 7. The van der Waals surface area contributed by atoms with E-state index in [0.29, 0.717) is 18.4 Å². The summed E-state index contributed by atoms with van der Waals surface area (Å²) in [6.07, 6.45) is 2.79. The fourth-order valence-corrected chi connectivity index (χ4v) is 2.85. The summed E-state index contributed by atoms with van der Waals surface area (Å²) in [4.78, 5) is 26.7. The number of cyclic esters (lactones) is 1. The van der Waals surface area contributed by atoms with Gasteiger partial charge < -0.3 is 10.1 Å². The number of aryl methyl sites for hydroxylation is 1. The zero-order valence-electron chi connectivity index (χ0n) is 14.9. The Kier molecular flexibility index (Phi) is 4.82. The van der Waals surface area contributed by atoms with Crippen LogP contribution in [0.2, 0.25) is 0 Å². The molecule has 0 aliphatic carbocycles. The fraction of sp³-hybridized carbons (Fsp3) is 0.562. The molecule has 1 aliphatic heterocycles. The number of carbonyl (C=O) groups excluding carboxylic acids is 1. The van der Waals surface area contributed by atoms with Crippen LogP contribution in [0.3, 0.4) is 0 Å². The van der Waals surface area contributed by atoms with E-state index in [1.807, 2.05) is 18.5 Å². The van der Waals surface area contributed by atoms with Gasteiger partial charge in [0.25, 0.3) is 0 Å². The number of hydrogen-bond donors (Lipinski definition) is 1. The smallest absolute Gasteiger partial charge is 0.415 e. The number of anilines is 2. The predicted octanol–water partition coefficient (Wildman–Crippen LogP) is 2.24. The van der Waals surface area contributed by atoms with Crippen molar-refractivity contribution in [3.63, 3.8) is 0 Å². The van der Waals surface area contributed by atoms with Crippen molar-refractivity contribution in [1.29, 1.82) is 0 Å². The largest absolute Gasteiger partial charge is 0.447 e. The number of amides is 1. The summed E-state index contributed by atoms with van der Waals surface area (Å²) in [5.74, 6) is 2.03. The molecule has 1 saturated heterocycles. The third-order valence-corrected chi connectivity index (χ3v) is 4.24. The number of ether oxygens (including phenoxy) is 1. The molecule has 3 heterocycles. The Morgan fingerprint density at radius 3 is 2.88 bits per heavy atom. The maximum atomic E-state index is 12.1. The zero-order valence-corrected chi connectivity index (χ0v) is 14.9. The van der Waals surface area contributed by atoms with E-state index >= 15 is 0 Å². The van der Waals surface area contributed by atoms with Crippen LogP contribution in [-0.2, 0) is 11.3 Å². The topological polar surface area (TPSA) is 98.1 Å². The van der Waals surface area contributed by atoms with Gasteiger partial charge in [0.2, 0.25) is 5.95 Å². The lowest BCUT2D eigenvalue weighted by molar-refractivity contribution is 0.177. The maximum absolute atomic E-state index is 12.1. The molecule has 2 atom stereocenters. The molecule has 0 radical (unpaired) electrons. The first-order valence-corrected chi connectivity index (χ1v) is 8.44. The van der Waals surface area contributed by atoms with Crippen LogP contribution in [-0.4, -0.2) is 43.5 Å². The minimum Gasteiger partial charge on any atom is -0.447 e. The fourth-order valence-electron chi connectivity index (χ4n) is 2.85. The highest BCUT2D eigenvalue weighted by molar-refractivity contribution is 5.89. The molecule has 3 rings (SSSR count). The van der Waals surface area contributed by atoms with Crippen molar-refractivity contribution < 1.29 is 9.53 Å². The SMILES string of the molecule is CCn1ncnc1[C@@H](C)Nc1nccc(N2C(=O)OC[C@@H]2C(C)C)n1. The minimum atomic E-state index is -0.373. The minimum absolute atomic E-state index is 0.0316. The Bertz CT molecular complexity index is 746. The molecule has 0 aromatic carbocycles. The van der Waals surface area contributed by atoms with Crippen LogP contribution in [0.5, 0.6) is 0 Å². The molecule has 1 aliphatic rings. The van der Waals surface area contributed by atoms with Gasteiger partial charge in [0.1, 0.15) is 24.6 Å². The third-order valence-electron chi connectivity index (χ3n) is 4.24. The number of nitrogens with one attached hydrogen (secondary N) is 1. The van der Waals surface area contributed by atoms with E-state index in [4.69, 9.17) is 4.74 Å². The van der Waals surface area contributed by atoms with Gasteiger partial charge in [0.05, 0.1) is 12.1 Å². The molecule has 9 heteroatoms. The van der Waals surface area contributed by atoms with Crippen LogP contribution in [0.1, 0.15) is 39.6 Å². The molecule has 25 heavy (non-hydrogen) atoms. The zero-order chi connectivity index (χ0) is 18.0. The molecule has 1 amide bonds. The van der Waals surface area contributed by atoms with E-state index in [2.05, 4.69) is 39.2 Å². The van der Waals surface area contributed by atoms with Crippen molar-refractivity contribution in [1.82, 2.24) is 24.7 Å². The van der Waals surface area contributed by atoms with E-state index in [9.17, 15) is 4.79 Å². The van der Waals surface area contributed by atoms with Gasteiger partial charge in [0.15, 0.2) is 0 Å². The summed E-state index contributed by atoms with van der Waals surface area (Å²) in [6.45, 7) is 9.19. The van der Waals surface area contributed by atoms with Crippen molar-refractivity contribution in [2.24, 2.45) is 5.92 Å². The van der Waals surface area contributed by atoms with E-state index in [1.165, 1.54) is 6.33 Å². The second kappa shape index (κ2) is 7.04. The summed E-state index contributed by atoms with van der Waals surface area (Å²) < 4.78 is 7.00. The van der Waals surface area contributed by atoms with Gasteiger partial charge in [-0.1, -0.05) is 13.8 Å². The van der Waals surface area contributed by atoms with Gasteiger partial charge in [-0.25, -0.2) is 19.4 Å². The number of aromatic nitrogens is 5. The average molecular weight is 345 g/mol. The van der Waals surface area contributed by atoms with Crippen molar-refractivity contribution >= 4 is 17.9 Å². The van der Waals surface area contributed by atoms with Crippen LogP contribution >= 0.6 is 0 Å². The molecule has 134 valence electrons. The number of carbonyl (C=O) groups is 1. The molecule has 0 unspecified atom stereocenters. The Hall–Kier alpha value is -2.71.